The summed E-state index contributed by atoms with van der Waals surface area (Å²) in [6, 6.07) is 5.25. The molecule has 3 nitrogen and oxygen atoms in total. The lowest BCUT2D eigenvalue weighted by Crippen LogP contribution is -2.35. The van der Waals surface area contributed by atoms with Crippen molar-refractivity contribution in [2.24, 2.45) is 0 Å². The molecule has 0 spiro atoms. The zero-order valence-corrected chi connectivity index (χ0v) is 11.2. The summed E-state index contributed by atoms with van der Waals surface area (Å²) in [5, 5.41) is 1.15. The van der Waals surface area contributed by atoms with E-state index in [0.29, 0.717) is 23.3 Å². The zero-order valence-electron chi connectivity index (χ0n) is 9.67. The van der Waals surface area contributed by atoms with Crippen LogP contribution in [0.1, 0.15) is 19.4 Å². The third-order valence-electron chi connectivity index (χ3n) is 2.76. The van der Waals surface area contributed by atoms with Gasteiger partial charge in [-0.3, -0.25) is 4.79 Å². The Morgan fingerprint density at radius 1 is 1.41 bits per heavy atom. The van der Waals surface area contributed by atoms with Gasteiger partial charge in [-0.25, -0.2) is 0 Å². The Labute approximate surface area is 110 Å². The average molecular weight is 274 g/mol. The Balaban J connectivity index is 2.15. The molecule has 1 fully saturated rings. The van der Waals surface area contributed by atoms with Gasteiger partial charge >= 0.3 is 0 Å². The van der Waals surface area contributed by atoms with Crippen LogP contribution in [0.5, 0.6) is 0 Å². The third-order valence-corrected chi connectivity index (χ3v) is 3.35. The van der Waals surface area contributed by atoms with E-state index in [4.69, 9.17) is 27.9 Å². The lowest BCUT2D eigenvalue weighted by Gasteiger charge is -2.17. The number of hydrogen-bond donors (Lipinski definition) is 0. The summed E-state index contributed by atoms with van der Waals surface area (Å²) in [4.78, 5) is 13.6. The number of amides is 1. The second-order valence-electron chi connectivity index (χ2n) is 4.52. The lowest BCUT2D eigenvalue weighted by atomic mass is 10.1. The van der Waals surface area contributed by atoms with Crippen molar-refractivity contribution >= 4 is 29.1 Å². The van der Waals surface area contributed by atoms with Crippen LogP contribution in [0, 0.1) is 0 Å². The maximum atomic E-state index is 11.9. The van der Waals surface area contributed by atoms with Crippen LogP contribution in [0.3, 0.4) is 0 Å². The molecule has 1 aliphatic rings. The van der Waals surface area contributed by atoms with Crippen molar-refractivity contribution in [2.45, 2.75) is 26.0 Å². The second-order valence-corrected chi connectivity index (χ2v) is 5.37. The number of carbonyl (C=O) groups excluding carboxylic acids is 1. The maximum Gasteiger partial charge on any atom is 0.256 e. The van der Waals surface area contributed by atoms with Crippen molar-refractivity contribution in [3.05, 3.63) is 33.8 Å². The smallest absolute Gasteiger partial charge is 0.256 e. The highest BCUT2D eigenvalue weighted by molar-refractivity contribution is 6.35. The normalized spacial score (nSPS) is 18.8. The van der Waals surface area contributed by atoms with Gasteiger partial charge in [0.15, 0.2) is 0 Å². The molecule has 2 rings (SSSR count). The van der Waals surface area contributed by atoms with Crippen LogP contribution in [-0.4, -0.2) is 23.1 Å². The Bertz CT molecular complexity index is 460. The van der Waals surface area contributed by atoms with Crippen molar-refractivity contribution in [1.82, 2.24) is 4.90 Å². The molecule has 1 aliphatic heterocycles. The summed E-state index contributed by atoms with van der Waals surface area (Å²) in [7, 11) is 0. The first-order valence-corrected chi connectivity index (χ1v) is 6.03. The summed E-state index contributed by atoms with van der Waals surface area (Å²) in [5.41, 5.74) is 0.129. The van der Waals surface area contributed by atoms with Crippen molar-refractivity contribution in [3.8, 4) is 0 Å². The van der Waals surface area contributed by atoms with E-state index in [1.807, 2.05) is 6.07 Å². The molecular weight excluding hydrogens is 261 g/mol. The number of rotatable bonds is 2. The minimum absolute atomic E-state index is 0.0245. The fourth-order valence-corrected chi connectivity index (χ4v) is 2.18. The molecule has 0 aromatic heterocycles. The number of halogens is 2. The number of nitrogens with zero attached hydrogens (tertiary/aromatic N) is 1. The molecular formula is C12H13Cl2NO2. The van der Waals surface area contributed by atoms with Gasteiger partial charge in [0.2, 0.25) is 0 Å². The van der Waals surface area contributed by atoms with Gasteiger partial charge in [0.25, 0.3) is 5.91 Å². The monoisotopic (exact) mass is 273 g/mol. The van der Waals surface area contributed by atoms with Crippen LogP contribution in [0.4, 0.5) is 0 Å². The number of carbonyl (C=O) groups is 1. The standard InChI is InChI=1S/C12H13Cl2NO2/c1-12(2)11(16)15(7-17-12)6-8-3-4-9(13)5-10(8)14/h3-5H,6-7H2,1-2H3. The molecule has 1 aromatic carbocycles. The Morgan fingerprint density at radius 3 is 2.65 bits per heavy atom. The van der Waals surface area contributed by atoms with E-state index in [1.54, 1.807) is 30.9 Å². The Hall–Kier alpha value is -0.770. The summed E-state index contributed by atoms with van der Waals surface area (Å²) < 4.78 is 5.41. The van der Waals surface area contributed by atoms with Crippen LogP contribution in [-0.2, 0) is 16.1 Å². The van der Waals surface area contributed by atoms with Crippen molar-refractivity contribution < 1.29 is 9.53 Å². The van der Waals surface area contributed by atoms with E-state index < -0.39 is 5.60 Å². The van der Waals surface area contributed by atoms with E-state index in [9.17, 15) is 4.79 Å². The highest BCUT2D eigenvalue weighted by atomic mass is 35.5. The molecule has 17 heavy (non-hydrogen) atoms. The first kappa shape index (κ1) is 12.7. The predicted molar refractivity (Wildman–Crippen MR) is 67.0 cm³/mol. The van der Waals surface area contributed by atoms with Gasteiger partial charge in [0.1, 0.15) is 12.3 Å². The Kier molecular flexibility index (Phi) is 3.34. The van der Waals surface area contributed by atoms with Gasteiger partial charge in [0.05, 0.1) is 0 Å². The summed E-state index contributed by atoms with van der Waals surface area (Å²) in [6.07, 6.45) is 0. The molecule has 1 saturated heterocycles. The number of hydrogen-bond acceptors (Lipinski definition) is 2. The minimum Gasteiger partial charge on any atom is -0.345 e. The number of benzene rings is 1. The molecule has 1 amide bonds. The van der Waals surface area contributed by atoms with Crippen LogP contribution in [0.2, 0.25) is 10.0 Å². The van der Waals surface area contributed by atoms with E-state index in [-0.39, 0.29) is 5.91 Å². The van der Waals surface area contributed by atoms with Gasteiger partial charge in [-0.15, -0.1) is 0 Å². The van der Waals surface area contributed by atoms with Gasteiger partial charge in [-0.05, 0) is 31.5 Å². The van der Waals surface area contributed by atoms with Crippen molar-refractivity contribution in [3.63, 3.8) is 0 Å². The van der Waals surface area contributed by atoms with Crippen LogP contribution >= 0.6 is 23.2 Å². The molecule has 0 atom stereocenters. The summed E-state index contributed by atoms with van der Waals surface area (Å²) in [6.45, 7) is 4.26. The van der Waals surface area contributed by atoms with E-state index >= 15 is 0 Å². The second kappa shape index (κ2) is 4.48. The zero-order chi connectivity index (χ0) is 12.6. The molecule has 0 saturated carbocycles. The molecule has 0 N–H and O–H groups in total. The molecule has 5 heteroatoms. The minimum atomic E-state index is -0.737. The van der Waals surface area contributed by atoms with Crippen molar-refractivity contribution in [1.29, 1.82) is 0 Å². The maximum absolute atomic E-state index is 11.9. The molecule has 1 heterocycles. The fourth-order valence-electron chi connectivity index (χ4n) is 1.71. The lowest BCUT2D eigenvalue weighted by molar-refractivity contribution is -0.134. The van der Waals surface area contributed by atoms with E-state index in [2.05, 4.69) is 0 Å². The average Bonchev–Trinajstić information content (AvgIpc) is 2.49. The van der Waals surface area contributed by atoms with E-state index in [1.165, 1.54) is 0 Å². The first-order chi connectivity index (χ1) is 7.90. The Morgan fingerprint density at radius 2 is 2.12 bits per heavy atom. The molecule has 92 valence electrons. The predicted octanol–water partition coefficient (Wildman–Crippen LogP) is 3.09. The van der Waals surface area contributed by atoms with E-state index in [0.717, 1.165) is 5.56 Å². The molecule has 0 aliphatic carbocycles. The quantitative estimate of drug-likeness (QED) is 0.829. The van der Waals surface area contributed by atoms with Crippen LogP contribution in [0.15, 0.2) is 18.2 Å². The largest absolute Gasteiger partial charge is 0.345 e. The van der Waals surface area contributed by atoms with Crippen molar-refractivity contribution in [2.75, 3.05) is 6.73 Å². The SMILES string of the molecule is CC1(C)OCN(Cc2ccc(Cl)cc2Cl)C1=O. The van der Waals surface area contributed by atoms with Crippen LogP contribution in [0.25, 0.3) is 0 Å². The van der Waals surface area contributed by atoms with Gasteiger partial charge in [0, 0.05) is 16.6 Å². The van der Waals surface area contributed by atoms with Gasteiger partial charge < -0.3 is 9.64 Å². The van der Waals surface area contributed by atoms with Gasteiger partial charge in [-0.1, -0.05) is 29.3 Å². The summed E-state index contributed by atoms with van der Waals surface area (Å²) >= 11 is 11.9. The topological polar surface area (TPSA) is 29.5 Å². The first-order valence-electron chi connectivity index (χ1n) is 5.27. The number of ether oxygens (including phenoxy) is 1. The highest BCUT2D eigenvalue weighted by Crippen LogP contribution is 2.26. The molecule has 0 bridgehead atoms. The fraction of sp³-hybridized carbons (Fsp3) is 0.417. The third kappa shape index (κ3) is 2.57. The molecule has 0 unspecified atom stereocenters. The van der Waals surface area contributed by atoms with Crippen LogP contribution < -0.4 is 0 Å². The molecule has 1 aromatic rings. The summed E-state index contributed by atoms with van der Waals surface area (Å²) in [5.74, 6) is -0.0245. The van der Waals surface area contributed by atoms with Gasteiger partial charge in [-0.2, -0.15) is 0 Å². The molecule has 0 radical (unpaired) electrons. The highest BCUT2D eigenvalue weighted by Gasteiger charge is 2.39.